The fraction of sp³-hybridized carbons (Fsp3) is 0.100. The number of carbonyl (C=O) groups is 2. The predicted molar refractivity (Wildman–Crippen MR) is 114 cm³/mol. The summed E-state index contributed by atoms with van der Waals surface area (Å²) in [6, 6.07) is 12.6. The van der Waals surface area contributed by atoms with Crippen molar-refractivity contribution >= 4 is 50.7 Å². The van der Waals surface area contributed by atoms with E-state index in [0.29, 0.717) is 15.6 Å². The third-order valence-corrected chi connectivity index (χ3v) is 5.63. The molecule has 0 saturated carbocycles. The molecule has 29 heavy (non-hydrogen) atoms. The Morgan fingerprint density at radius 1 is 1.21 bits per heavy atom. The van der Waals surface area contributed by atoms with Crippen LogP contribution in [0.2, 0.25) is 5.02 Å². The Balaban J connectivity index is 1.51. The number of hydrogen-bond donors (Lipinski definition) is 2. The molecule has 4 rings (SSSR count). The molecule has 0 fully saturated rings. The molecule has 3 heterocycles. The summed E-state index contributed by atoms with van der Waals surface area (Å²) >= 11 is 7.60. The second-order valence-electron chi connectivity index (χ2n) is 6.25. The van der Waals surface area contributed by atoms with Gasteiger partial charge in [-0.3, -0.25) is 14.6 Å². The van der Waals surface area contributed by atoms with Crippen molar-refractivity contribution in [2.75, 3.05) is 11.9 Å². The Labute approximate surface area is 175 Å². The highest BCUT2D eigenvalue weighted by Crippen LogP contribution is 2.32. The molecule has 146 valence electrons. The summed E-state index contributed by atoms with van der Waals surface area (Å²) in [6.07, 6.45) is 3.15. The number of nitrogens with one attached hydrogen (secondary N) is 2. The zero-order valence-corrected chi connectivity index (χ0v) is 16.9. The molecule has 0 aliphatic heterocycles. The van der Waals surface area contributed by atoms with Crippen LogP contribution in [0.3, 0.4) is 0 Å². The molecule has 0 atom stereocenters. The minimum Gasteiger partial charge on any atom is -0.342 e. The lowest BCUT2D eigenvalue weighted by Gasteiger charge is -2.06. The summed E-state index contributed by atoms with van der Waals surface area (Å²) < 4.78 is 1.74. The first kappa shape index (κ1) is 19.1. The summed E-state index contributed by atoms with van der Waals surface area (Å²) in [6.45, 7) is 1.74. The van der Waals surface area contributed by atoms with Crippen molar-refractivity contribution in [1.82, 2.24) is 20.1 Å². The van der Waals surface area contributed by atoms with Crippen LogP contribution in [0.5, 0.6) is 0 Å². The summed E-state index contributed by atoms with van der Waals surface area (Å²) in [5.74, 6) is -0.650. The molecule has 0 saturated heterocycles. The van der Waals surface area contributed by atoms with Crippen LogP contribution in [0.25, 0.3) is 15.9 Å². The summed E-state index contributed by atoms with van der Waals surface area (Å²) in [5.41, 5.74) is 2.12. The number of anilines is 1. The van der Waals surface area contributed by atoms with E-state index in [9.17, 15) is 9.59 Å². The number of aryl methyl sites for hydroxylation is 1. The number of fused-ring (bicyclic) bond motifs is 1. The van der Waals surface area contributed by atoms with Crippen molar-refractivity contribution in [2.24, 2.45) is 0 Å². The van der Waals surface area contributed by atoms with Gasteiger partial charge in [-0.1, -0.05) is 23.7 Å². The molecular weight excluding hydrogens is 410 g/mol. The summed E-state index contributed by atoms with van der Waals surface area (Å²) in [5, 5.41) is 11.3. The maximum absolute atomic E-state index is 12.5. The second kappa shape index (κ2) is 8.02. The highest BCUT2D eigenvalue weighted by atomic mass is 35.5. The second-order valence-corrected chi connectivity index (χ2v) is 7.69. The minimum atomic E-state index is -0.328. The molecule has 0 aliphatic rings. The average Bonchev–Trinajstić information content (AvgIpc) is 3.28. The van der Waals surface area contributed by atoms with E-state index >= 15 is 0 Å². The van der Waals surface area contributed by atoms with Gasteiger partial charge in [-0.25, -0.2) is 4.68 Å². The topological polar surface area (TPSA) is 88.9 Å². The number of para-hydroxylation sites is 1. The number of amides is 2. The van der Waals surface area contributed by atoms with Crippen molar-refractivity contribution in [2.45, 2.75) is 6.92 Å². The SMILES string of the molecule is Cc1nn(-c2ccccc2Cl)c2sc(C(=O)NCC(=O)Nc3cccnc3)cc12. The monoisotopic (exact) mass is 425 g/mol. The zero-order valence-electron chi connectivity index (χ0n) is 15.3. The van der Waals surface area contributed by atoms with Crippen LogP contribution in [0, 0.1) is 6.92 Å². The average molecular weight is 426 g/mol. The fourth-order valence-electron chi connectivity index (χ4n) is 2.84. The standard InChI is InChI=1S/C20H16ClN5O2S/c1-12-14-9-17(19(28)23-11-18(27)24-13-5-4-8-22-10-13)29-20(14)26(25-12)16-7-3-2-6-15(16)21/h2-10H,11H2,1H3,(H,23,28)(H,24,27). The first-order valence-electron chi connectivity index (χ1n) is 8.75. The van der Waals surface area contributed by atoms with Crippen LogP contribution in [-0.4, -0.2) is 33.1 Å². The number of rotatable bonds is 5. The normalized spacial score (nSPS) is 10.8. The highest BCUT2D eigenvalue weighted by molar-refractivity contribution is 7.20. The Kier molecular flexibility index (Phi) is 5.28. The van der Waals surface area contributed by atoms with Crippen molar-refractivity contribution in [1.29, 1.82) is 0 Å². The zero-order chi connectivity index (χ0) is 20.4. The summed E-state index contributed by atoms with van der Waals surface area (Å²) in [4.78, 5) is 29.8. The largest absolute Gasteiger partial charge is 0.342 e. The molecule has 7 nitrogen and oxygen atoms in total. The lowest BCUT2D eigenvalue weighted by atomic mass is 10.3. The molecule has 1 aromatic carbocycles. The molecule has 2 N–H and O–H groups in total. The lowest BCUT2D eigenvalue weighted by molar-refractivity contribution is -0.115. The number of carbonyl (C=O) groups excluding carboxylic acids is 2. The van der Waals surface area contributed by atoms with Crippen molar-refractivity contribution in [3.63, 3.8) is 0 Å². The smallest absolute Gasteiger partial charge is 0.261 e. The number of nitrogens with zero attached hydrogens (tertiary/aromatic N) is 3. The van der Waals surface area contributed by atoms with Gasteiger partial charge >= 0.3 is 0 Å². The maximum atomic E-state index is 12.5. The minimum absolute atomic E-state index is 0.141. The van der Waals surface area contributed by atoms with Crippen LogP contribution in [-0.2, 0) is 4.79 Å². The van der Waals surface area contributed by atoms with Gasteiger partial charge in [0.2, 0.25) is 5.91 Å². The van der Waals surface area contributed by atoms with Crippen LogP contribution in [0.4, 0.5) is 5.69 Å². The van der Waals surface area contributed by atoms with Gasteiger partial charge in [-0.05, 0) is 37.3 Å². The van der Waals surface area contributed by atoms with Gasteiger partial charge in [0.1, 0.15) is 4.83 Å². The number of aromatic nitrogens is 3. The Hall–Kier alpha value is -3.23. The van der Waals surface area contributed by atoms with Gasteiger partial charge in [0.25, 0.3) is 5.91 Å². The van der Waals surface area contributed by atoms with Crippen molar-refractivity contribution in [3.05, 3.63) is 70.5 Å². The first-order valence-corrected chi connectivity index (χ1v) is 9.94. The Bertz CT molecular complexity index is 1200. The van der Waals surface area contributed by atoms with Gasteiger partial charge in [-0.2, -0.15) is 5.10 Å². The lowest BCUT2D eigenvalue weighted by Crippen LogP contribution is -2.32. The van der Waals surface area contributed by atoms with Crippen LogP contribution in [0.1, 0.15) is 15.4 Å². The van der Waals surface area contributed by atoms with Crippen LogP contribution >= 0.6 is 22.9 Å². The van der Waals surface area contributed by atoms with E-state index in [1.807, 2.05) is 25.1 Å². The van der Waals surface area contributed by atoms with E-state index in [1.54, 1.807) is 35.1 Å². The molecule has 0 bridgehead atoms. The first-order chi connectivity index (χ1) is 14.0. The van der Waals surface area contributed by atoms with Gasteiger partial charge in [0.15, 0.2) is 0 Å². The molecular formula is C20H16ClN5O2S. The maximum Gasteiger partial charge on any atom is 0.261 e. The van der Waals surface area contributed by atoms with Gasteiger partial charge in [-0.15, -0.1) is 11.3 Å². The number of halogens is 1. The van der Waals surface area contributed by atoms with Gasteiger partial charge in [0, 0.05) is 11.6 Å². The van der Waals surface area contributed by atoms with Crippen LogP contribution in [0.15, 0.2) is 54.9 Å². The van der Waals surface area contributed by atoms with Gasteiger partial charge in [0.05, 0.1) is 39.7 Å². The van der Waals surface area contributed by atoms with E-state index in [1.165, 1.54) is 17.5 Å². The number of hydrogen-bond acceptors (Lipinski definition) is 5. The third-order valence-electron chi connectivity index (χ3n) is 4.20. The fourth-order valence-corrected chi connectivity index (χ4v) is 4.14. The predicted octanol–water partition coefficient (Wildman–Crippen LogP) is 3.81. The van der Waals surface area contributed by atoms with Crippen molar-refractivity contribution < 1.29 is 9.59 Å². The summed E-state index contributed by atoms with van der Waals surface area (Å²) in [7, 11) is 0. The molecule has 3 aromatic heterocycles. The van der Waals surface area contributed by atoms with E-state index in [-0.39, 0.29) is 18.4 Å². The van der Waals surface area contributed by atoms with E-state index < -0.39 is 0 Å². The molecule has 4 aromatic rings. The third kappa shape index (κ3) is 3.98. The molecule has 2 amide bonds. The molecule has 0 spiro atoms. The van der Waals surface area contributed by atoms with Crippen molar-refractivity contribution in [3.8, 4) is 5.69 Å². The molecule has 9 heteroatoms. The van der Waals surface area contributed by atoms with E-state index in [4.69, 9.17) is 11.6 Å². The van der Waals surface area contributed by atoms with Crippen LogP contribution < -0.4 is 10.6 Å². The molecule has 0 radical (unpaired) electrons. The highest BCUT2D eigenvalue weighted by Gasteiger charge is 2.18. The molecule has 0 aliphatic carbocycles. The quantitative estimate of drug-likeness (QED) is 0.508. The Morgan fingerprint density at radius 2 is 2.03 bits per heavy atom. The number of benzene rings is 1. The van der Waals surface area contributed by atoms with Gasteiger partial charge < -0.3 is 10.6 Å². The Morgan fingerprint density at radius 3 is 2.79 bits per heavy atom. The van der Waals surface area contributed by atoms with E-state index in [2.05, 4.69) is 20.7 Å². The van der Waals surface area contributed by atoms with E-state index in [0.717, 1.165) is 21.6 Å². The number of pyridine rings is 1. The molecule has 0 unspecified atom stereocenters. The number of thiophene rings is 1.